The molecule has 0 radical (unpaired) electrons. The average Bonchev–Trinajstić information content (AvgIpc) is 2.55. The van der Waals surface area contributed by atoms with Gasteiger partial charge in [0.05, 0.1) is 17.1 Å². The predicted octanol–water partition coefficient (Wildman–Crippen LogP) is 3.12. The fraction of sp³-hybridized carbons (Fsp3) is 0.294. The highest BCUT2D eigenvalue weighted by Crippen LogP contribution is 2.31. The molecule has 2 aromatic rings. The van der Waals surface area contributed by atoms with Gasteiger partial charge in [-0.1, -0.05) is 37.3 Å². The van der Waals surface area contributed by atoms with Crippen LogP contribution in [0, 0.1) is 6.92 Å². The quantitative estimate of drug-likeness (QED) is 0.627. The largest absolute Gasteiger partial charge is 0.462 e. The number of hydrogen-bond donors (Lipinski definition) is 2. The molecule has 0 aliphatic carbocycles. The van der Waals surface area contributed by atoms with Gasteiger partial charge in [0.2, 0.25) is 0 Å². The Bertz CT molecular complexity index is 741. The van der Waals surface area contributed by atoms with E-state index in [1.807, 2.05) is 37.3 Å². The number of rotatable bonds is 6. The molecule has 3 N–H and O–H groups in total. The number of anilines is 1. The minimum atomic E-state index is -0.456. The van der Waals surface area contributed by atoms with Crippen molar-refractivity contribution in [2.24, 2.45) is 0 Å². The lowest BCUT2D eigenvalue weighted by Gasteiger charge is -2.13. The van der Waals surface area contributed by atoms with Crippen LogP contribution in [0.3, 0.4) is 0 Å². The van der Waals surface area contributed by atoms with Crippen LogP contribution in [0.4, 0.5) is 5.69 Å². The smallest absolute Gasteiger partial charge is 0.341 e. The van der Waals surface area contributed by atoms with Crippen molar-refractivity contribution in [3.05, 3.63) is 57.5 Å². The van der Waals surface area contributed by atoms with E-state index in [1.54, 1.807) is 6.92 Å². The lowest BCUT2D eigenvalue weighted by molar-refractivity contribution is 0.0499. The van der Waals surface area contributed by atoms with Crippen LogP contribution in [0.1, 0.15) is 35.0 Å². The first-order chi connectivity index (χ1) is 11.0. The van der Waals surface area contributed by atoms with E-state index < -0.39 is 5.97 Å². The number of aryl methyl sites for hydroxylation is 1. The standard InChI is InChI=1S/C17H20N2O3S/c1-3-9-22-17(21)13-11(2)19-16(20)14(18)15(13)23-10-12-7-5-4-6-8-12/h4-8H,3,9-10,18H2,1-2H3,(H,19,20). The number of nitrogens with one attached hydrogen (secondary N) is 1. The molecule has 0 fully saturated rings. The van der Waals surface area contributed by atoms with E-state index in [9.17, 15) is 9.59 Å². The van der Waals surface area contributed by atoms with Gasteiger partial charge in [0.1, 0.15) is 5.69 Å². The molecule has 0 saturated carbocycles. The maximum absolute atomic E-state index is 12.3. The van der Waals surface area contributed by atoms with Crippen molar-refractivity contribution < 1.29 is 9.53 Å². The fourth-order valence-electron chi connectivity index (χ4n) is 2.10. The molecule has 0 atom stereocenters. The molecule has 0 aliphatic heterocycles. The molecule has 0 spiro atoms. The third-order valence-electron chi connectivity index (χ3n) is 3.26. The van der Waals surface area contributed by atoms with Gasteiger partial charge in [-0.3, -0.25) is 4.79 Å². The lowest BCUT2D eigenvalue weighted by atomic mass is 10.2. The number of carbonyl (C=O) groups is 1. The SMILES string of the molecule is CCCOC(=O)c1c(C)[nH]c(=O)c(N)c1SCc1ccccc1. The summed E-state index contributed by atoms with van der Waals surface area (Å²) in [5, 5.41) is 0. The topological polar surface area (TPSA) is 85.2 Å². The minimum Gasteiger partial charge on any atom is -0.462 e. The molecule has 6 heteroatoms. The van der Waals surface area contributed by atoms with Gasteiger partial charge in [0, 0.05) is 11.4 Å². The second kappa shape index (κ2) is 7.87. The van der Waals surface area contributed by atoms with Crippen molar-refractivity contribution in [3.63, 3.8) is 0 Å². The Morgan fingerprint density at radius 3 is 2.65 bits per heavy atom. The Balaban J connectivity index is 2.35. The average molecular weight is 332 g/mol. The summed E-state index contributed by atoms with van der Waals surface area (Å²) < 4.78 is 5.22. The van der Waals surface area contributed by atoms with Gasteiger partial charge in [-0.25, -0.2) is 4.79 Å². The molecule has 0 unspecified atom stereocenters. The molecule has 1 aromatic heterocycles. The molecule has 0 saturated heterocycles. The van der Waals surface area contributed by atoms with Crippen LogP contribution in [0.25, 0.3) is 0 Å². The van der Waals surface area contributed by atoms with Crippen molar-refractivity contribution >= 4 is 23.4 Å². The molecule has 23 heavy (non-hydrogen) atoms. The first-order valence-corrected chi connectivity index (χ1v) is 8.39. The highest BCUT2D eigenvalue weighted by atomic mass is 32.2. The highest BCUT2D eigenvalue weighted by molar-refractivity contribution is 7.98. The van der Waals surface area contributed by atoms with Crippen molar-refractivity contribution in [1.29, 1.82) is 0 Å². The first kappa shape index (κ1) is 17.1. The summed E-state index contributed by atoms with van der Waals surface area (Å²) >= 11 is 1.37. The summed E-state index contributed by atoms with van der Waals surface area (Å²) in [4.78, 5) is 27.3. The van der Waals surface area contributed by atoms with Crippen LogP contribution in [-0.2, 0) is 10.5 Å². The Labute approximate surface area is 139 Å². The monoisotopic (exact) mass is 332 g/mol. The van der Waals surface area contributed by atoms with Gasteiger partial charge in [0.25, 0.3) is 5.56 Å². The van der Waals surface area contributed by atoms with Gasteiger partial charge < -0.3 is 15.5 Å². The minimum absolute atomic E-state index is 0.0555. The van der Waals surface area contributed by atoms with Gasteiger partial charge in [-0.2, -0.15) is 0 Å². The molecule has 0 bridgehead atoms. The van der Waals surface area contributed by atoms with E-state index in [2.05, 4.69) is 4.98 Å². The number of aromatic amines is 1. The van der Waals surface area contributed by atoms with Crippen LogP contribution < -0.4 is 11.3 Å². The van der Waals surface area contributed by atoms with Crippen LogP contribution in [0.2, 0.25) is 0 Å². The number of nitrogen functional groups attached to an aromatic ring is 1. The molecule has 122 valence electrons. The van der Waals surface area contributed by atoms with E-state index in [0.29, 0.717) is 28.5 Å². The second-order valence-electron chi connectivity index (χ2n) is 5.11. The number of nitrogens with two attached hydrogens (primary N) is 1. The number of thioether (sulfide) groups is 1. The normalized spacial score (nSPS) is 10.5. The molecule has 2 rings (SSSR count). The maximum atomic E-state index is 12.3. The zero-order valence-corrected chi connectivity index (χ0v) is 14.0. The van der Waals surface area contributed by atoms with E-state index in [4.69, 9.17) is 10.5 Å². The molecule has 5 nitrogen and oxygen atoms in total. The zero-order chi connectivity index (χ0) is 16.8. The third-order valence-corrected chi connectivity index (χ3v) is 4.45. The number of hydrogen-bond acceptors (Lipinski definition) is 5. The summed E-state index contributed by atoms with van der Waals surface area (Å²) in [5.74, 6) is 0.157. The molecule has 1 heterocycles. The molecule has 1 aromatic carbocycles. The number of benzene rings is 1. The van der Waals surface area contributed by atoms with Crippen molar-refractivity contribution in [3.8, 4) is 0 Å². The summed E-state index contributed by atoms with van der Waals surface area (Å²) in [6, 6.07) is 9.79. The van der Waals surface area contributed by atoms with Gasteiger partial charge in [0.15, 0.2) is 0 Å². The van der Waals surface area contributed by atoms with Crippen LogP contribution in [0.15, 0.2) is 40.0 Å². The zero-order valence-electron chi connectivity index (χ0n) is 13.2. The van der Waals surface area contributed by atoms with Gasteiger partial charge >= 0.3 is 5.97 Å². The fourth-order valence-corrected chi connectivity index (χ4v) is 3.23. The van der Waals surface area contributed by atoms with E-state index >= 15 is 0 Å². The van der Waals surface area contributed by atoms with Gasteiger partial charge in [-0.05, 0) is 18.9 Å². The van der Waals surface area contributed by atoms with Crippen LogP contribution in [-0.4, -0.2) is 17.6 Å². The number of esters is 1. The predicted molar refractivity (Wildman–Crippen MR) is 92.8 cm³/mol. The number of aromatic nitrogens is 1. The number of carbonyl (C=O) groups excluding carboxylic acids is 1. The molecular weight excluding hydrogens is 312 g/mol. The lowest BCUT2D eigenvalue weighted by Crippen LogP contribution is -2.20. The Morgan fingerprint density at radius 2 is 2.00 bits per heavy atom. The van der Waals surface area contributed by atoms with E-state index in [0.717, 1.165) is 12.0 Å². The Hall–Kier alpha value is -2.21. The van der Waals surface area contributed by atoms with E-state index in [-0.39, 0.29) is 11.2 Å². The van der Waals surface area contributed by atoms with Crippen LogP contribution >= 0.6 is 11.8 Å². The van der Waals surface area contributed by atoms with Crippen LogP contribution in [0.5, 0.6) is 0 Å². The third kappa shape index (κ3) is 4.16. The Morgan fingerprint density at radius 1 is 1.30 bits per heavy atom. The van der Waals surface area contributed by atoms with Gasteiger partial charge in [-0.15, -0.1) is 11.8 Å². The molecule has 0 amide bonds. The highest BCUT2D eigenvalue weighted by Gasteiger charge is 2.21. The number of pyridine rings is 1. The van der Waals surface area contributed by atoms with Crippen molar-refractivity contribution in [2.45, 2.75) is 30.9 Å². The summed E-state index contributed by atoms with van der Waals surface area (Å²) in [6.07, 6.45) is 0.732. The summed E-state index contributed by atoms with van der Waals surface area (Å²) in [5.41, 5.74) is 7.48. The maximum Gasteiger partial charge on any atom is 0.341 e. The number of H-pyrrole nitrogens is 1. The van der Waals surface area contributed by atoms with E-state index in [1.165, 1.54) is 11.8 Å². The van der Waals surface area contributed by atoms with Crippen molar-refractivity contribution in [2.75, 3.05) is 12.3 Å². The summed E-state index contributed by atoms with van der Waals surface area (Å²) in [7, 11) is 0. The Kier molecular flexibility index (Phi) is 5.87. The van der Waals surface area contributed by atoms with Crippen molar-refractivity contribution in [1.82, 2.24) is 4.98 Å². The number of ether oxygens (including phenoxy) is 1. The molecule has 0 aliphatic rings. The first-order valence-electron chi connectivity index (χ1n) is 7.40. The molecular formula is C17H20N2O3S. The summed E-state index contributed by atoms with van der Waals surface area (Å²) in [6.45, 7) is 3.93. The second-order valence-corrected chi connectivity index (χ2v) is 6.09.